The van der Waals surface area contributed by atoms with Gasteiger partial charge >= 0.3 is 0 Å². The summed E-state index contributed by atoms with van der Waals surface area (Å²) in [5.41, 5.74) is 0.492. The number of carbonyl (C=O) groups excluding carboxylic acids is 2. The number of benzene rings is 1. The van der Waals surface area contributed by atoms with Gasteiger partial charge in [0.25, 0.3) is 11.7 Å². The molecule has 8 heteroatoms. The first kappa shape index (κ1) is 18.1. The highest BCUT2D eigenvalue weighted by Crippen LogP contribution is 2.26. The van der Waals surface area contributed by atoms with Crippen LogP contribution in [0.1, 0.15) is 23.2 Å². The van der Waals surface area contributed by atoms with Crippen molar-refractivity contribution in [1.82, 2.24) is 15.1 Å². The van der Waals surface area contributed by atoms with Gasteiger partial charge in [0.05, 0.1) is 6.54 Å². The van der Waals surface area contributed by atoms with Gasteiger partial charge in [-0.3, -0.25) is 9.59 Å². The van der Waals surface area contributed by atoms with Crippen LogP contribution in [0.3, 0.4) is 0 Å². The monoisotopic (exact) mass is 369 g/mol. The topological polar surface area (TPSA) is 52.7 Å². The van der Waals surface area contributed by atoms with Crippen molar-refractivity contribution in [3.05, 3.63) is 29.8 Å². The predicted octanol–water partition coefficient (Wildman–Crippen LogP) is 2.04. The van der Waals surface area contributed by atoms with Crippen LogP contribution in [-0.2, 0) is 4.79 Å². The first-order chi connectivity index (χ1) is 12.0. The van der Waals surface area contributed by atoms with Gasteiger partial charge in [-0.25, -0.2) is 0 Å². The number of amides is 2. The maximum atomic E-state index is 12.7. The molecule has 1 unspecified atom stereocenters. The average molecular weight is 369 g/mol. The lowest BCUT2D eigenvalue weighted by Crippen LogP contribution is -2.57. The molecule has 0 radical (unpaired) electrons. The van der Waals surface area contributed by atoms with Crippen molar-refractivity contribution in [3.8, 4) is 0 Å². The van der Waals surface area contributed by atoms with Crippen molar-refractivity contribution in [1.29, 1.82) is 0 Å². The molecule has 1 aromatic rings. The lowest BCUT2D eigenvalue weighted by atomic mass is 10.0. The average Bonchev–Trinajstić information content (AvgIpc) is 2.62. The zero-order valence-corrected chi connectivity index (χ0v) is 14.6. The third-order valence-electron chi connectivity index (χ3n) is 4.58. The molecule has 0 aromatic heterocycles. The van der Waals surface area contributed by atoms with E-state index in [4.69, 9.17) is 0 Å². The molecule has 2 saturated heterocycles. The number of halogens is 2. The molecule has 2 fully saturated rings. The highest BCUT2D eigenvalue weighted by molar-refractivity contribution is 7.99. The second kappa shape index (κ2) is 8.14. The first-order valence-electron chi connectivity index (χ1n) is 8.39. The van der Waals surface area contributed by atoms with E-state index in [0.29, 0.717) is 48.4 Å². The molecule has 5 nitrogen and oxygen atoms in total. The number of nitrogens with zero attached hydrogens (tertiary/aromatic N) is 2. The fourth-order valence-corrected chi connectivity index (χ4v) is 3.86. The van der Waals surface area contributed by atoms with Crippen molar-refractivity contribution in [2.75, 3.05) is 32.7 Å². The normalized spacial score (nSPS) is 21.7. The molecule has 25 heavy (non-hydrogen) atoms. The van der Waals surface area contributed by atoms with Crippen LogP contribution >= 0.6 is 11.8 Å². The molecular formula is C17H21F2N3O2S. The maximum Gasteiger partial charge on any atom is 0.288 e. The number of piperidine rings is 1. The van der Waals surface area contributed by atoms with E-state index in [9.17, 15) is 18.4 Å². The van der Waals surface area contributed by atoms with Gasteiger partial charge in [0, 0.05) is 42.7 Å². The van der Waals surface area contributed by atoms with Gasteiger partial charge in [-0.05, 0) is 37.1 Å². The smallest absolute Gasteiger partial charge is 0.288 e. The Bertz CT molecular complexity index is 627. The van der Waals surface area contributed by atoms with E-state index >= 15 is 0 Å². The van der Waals surface area contributed by atoms with Crippen LogP contribution in [0.5, 0.6) is 0 Å². The Labute approximate surface area is 149 Å². The number of nitrogens with one attached hydrogen (secondary N) is 1. The summed E-state index contributed by atoms with van der Waals surface area (Å²) in [6, 6.07) is 6.33. The molecule has 2 heterocycles. The summed E-state index contributed by atoms with van der Waals surface area (Å²) >= 11 is 0.466. The Kier molecular flexibility index (Phi) is 5.90. The van der Waals surface area contributed by atoms with Crippen LogP contribution in [0.4, 0.5) is 8.78 Å². The highest BCUT2D eigenvalue weighted by atomic mass is 32.2. The number of carbonyl (C=O) groups is 2. The molecule has 0 saturated carbocycles. The van der Waals surface area contributed by atoms with Crippen LogP contribution in [0.2, 0.25) is 0 Å². The number of thioether (sulfide) groups is 1. The summed E-state index contributed by atoms with van der Waals surface area (Å²) in [6.45, 7) is 2.99. The van der Waals surface area contributed by atoms with E-state index in [2.05, 4.69) is 5.32 Å². The molecule has 0 aliphatic carbocycles. The Morgan fingerprint density at radius 2 is 2.00 bits per heavy atom. The van der Waals surface area contributed by atoms with E-state index in [1.54, 1.807) is 29.2 Å². The minimum atomic E-state index is -2.47. The van der Waals surface area contributed by atoms with Gasteiger partial charge in [0.2, 0.25) is 5.91 Å². The molecule has 136 valence electrons. The fourth-order valence-electron chi connectivity index (χ4n) is 3.36. The zero-order chi connectivity index (χ0) is 17.8. The Balaban J connectivity index is 1.64. The molecule has 2 aliphatic heterocycles. The van der Waals surface area contributed by atoms with Gasteiger partial charge in [0.1, 0.15) is 0 Å². The summed E-state index contributed by atoms with van der Waals surface area (Å²) < 4.78 is 24.7. The minimum Gasteiger partial charge on any atom is -0.337 e. The molecular weight excluding hydrogens is 348 g/mol. The maximum absolute atomic E-state index is 12.7. The van der Waals surface area contributed by atoms with Crippen molar-refractivity contribution in [3.63, 3.8) is 0 Å². The second-order valence-corrected chi connectivity index (χ2v) is 7.28. The van der Waals surface area contributed by atoms with Crippen molar-refractivity contribution >= 4 is 23.6 Å². The minimum absolute atomic E-state index is 0.0564. The van der Waals surface area contributed by atoms with Crippen LogP contribution in [0, 0.1) is 0 Å². The molecule has 1 atom stereocenters. The van der Waals surface area contributed by atoms with Crippen LogP contribution in [0.25, 0.3) is 0 Å². The van der Waals surface area contributed by atoms with Gasteiger partial charge in [-0.2, -0.15) is 8.78 Å². The molecule has 1 N–H and O–H groups in total. The van der Waals surface area contributed by atoms with Crippen LogP contribution in [0.15, 0.2) is 29.2 Å². The van der Waals surface area contributed by atoms with Crippen LogP contribution < -0.4 is 5.32 Å². The molecule has 2 amide bonds. The van der Waals surface area contributed by atoms with E-state index in [1.165, 1.54) is 0 Å². The fraction of sp³-hybridized carbons (Fsp3) is 0.529. The van der Waals surface area contributed by atoms with E-state index in [0.717, 1.165) is 19.4 Å². The molecule has 1 aromatic carbocycles. The highest BCUT2D eigenvalue weighted by Gasteiger charge is 2.31. The summed E-state index contributed by atoms with van der Waals surface area (Å²) in [6.07, 6.45) is 1.76. The van der Waals surface area contributed by atoms with E-state index in [1.807, 2.05) is 4.90 Å². The number of hydrogen-bond acceptors (Lipinski definition) is 4. The van der Waals surface area contributed by atoms with Crippen molar-refractivity contribution in [2.45, 2.75) is 29.5 Å². The number of alkyl halides is 2. The summed E-state index contributed by atoms with van der Waals surface area (Å²) in [5.74, 6) is -2.50. The molecule has 0 spiro atoms. The molecule has 2 aliphatic rings. The summed E-state index contributed by atoms with van der Waals surface area (Å²) in [7, 11) is 0. The van der Waals surface area contributed by atoms with Crippen molar-refractivity contribution < 1.29 is 18.4 Å². The SMILES string of the molecule is O=C(c1ccc(SC(F)F)cc1)N1CCCC(N2CCNCC2=O)C1. The van der Waals surface area contributed by atoms with Gasteiger partial charge in [-0.15, -0.1) is 0 Å². The first-order valence-corrected chi connectivity index (χ1v) is 9.27. The van der Waals surface area contributed by atoms with Gasteiger partial charge < -0.3 is 15.1 Å². The van der Waals surface area contributed by atoms with Gasteiger partial charge in [0.15, 0.2) is 0 Å². The van der Waals surface area contributed by atoms with Crippen LogP contribution in [-0.4, -0.2) is 66.1 Å². The zero-order valence-electron chi connectivity index (χ0n) is 13.8. The Hall–Kier alpha value is -1.67. The standard InChI is InChI=1S/C17H21F2N3O2S/c18-17(19)25-14-5-3-12(4-6-14)16(24)21-8-1-2-13(11-21)22-9-7-20-10-15(22)23/h3-6,13,17,20H,1-2,7-11H2. The second-order valence-electron chi connectivity index (χ2n) is 6.21. The number of hydrogen-bond donors (Lipinski definition) is 1. The lowest BCUT2D eigenvalue weighted by molar-refractivity contribution is -0.135. The molecule has 3 rings (SSSR count). The third-order valence-corrected chi connectivity index (χ3v) is 5.30. The van der Waals surface area contributed by atoms with Gasteiger partial charge in [-0.1, -0.05) is 11.8 Å². The summed E-state index contributed by atoms with van der Waals surface area (Å²) in [5, 5.41) is 3.05. The Morgan fingerprint density at radius 3 is 2.68 bits per heavy atom. The predicted molar refractivity (Wildman–Crippen MR) is 91.8 cm³/mol. The number of piperazine rings is 1. The summed E-state index contributed by atoms with van der Waals surface area (Å²) in [4.78, 5) is 28.8. The van der Waals surface area contributed by atoms with Crippen molar-refractivity contribution in [2.24, 2.45) is 0 Å². The van der Waals surface area contributed by atoms with E-state index < -0.39 is 5.76 Å². The van der Waals surface area contributed by atoms with E-state index in [-0.39, 0.29) is 17.9 Å². The number of likely N-dealkylation sites (tertiary alicyclic amines) is 1. The quantitative estimate of drug-likeness (QED) is 0.826. The third kappa shape index (κ3) is 4.49. The largest absolute Gasteiger partial charge is 0.337 e. The lowest BCUT2D eigenvalue weighted by Gasteiger charge is -2.41. The Morgan fingerprint density at radius 1 is 1.24 bits per heavy atom. The molecule has 0 bridgehead atoms. The number of rotatable bonds is 4.